The largest absolute Gasteiger partial charge is 0.496 e. The molecule has 0 saturated heterocycles. The highest BCUT2D eigenvalue weighted by atomic mass is 31.0. The first-order valence-electron chi connectivity index (χ1n) is 6.93. The molecule has 0 aliphatic rings. The van der Waals surface area contributed by atoms with Crippen LogP contribution >= 0.6 is 9.47 Å². The number of fused-ring (bicyclic) bond motifs is 1. The zero-order valence-corrected chi connectivity index (χ0v) is 13.7. The van der Waals surface area contributed by atoms with Gasteiger partial charge in [-0.1, -0.05) is 12.1 Å². The summed E-state index contributed by atoms with van der Waals surface area (Å²) in [5, 5.41) is 1.88. The van der Waals surface area contributed by atoms with E-state index in [0.717, 1.165) is 16.5 Å². The molecule has 2 aromatic rings. The molecule has 2 aromatic carbocycles. The van der Waals surface area contributed by atoms with E-state index in [9.17, 15) is 4.79 Å². The second-order valence-corrected chi connectivity index (χ2v) is 4.86. The summed E-state index contributed by atoms with van der Waals surface area (Å²) in [5.74, 6) is 1.27. The Labute approximate surface area is 127 Å². The molecule has 112 valence electrons. The number of hydrogen-bond acceptors (Lipinski definition) is 3. The molecular formula is C16H20NO3P. The van der Waals surface area contributed by atoms with Gasteiger partial charge >= 0.3 is 0 Å². The van der Waals surface area contributed by atoms with Gasteiger partial charge in [-0.25, -0.2) is 0 Å². The number of benzene rings is 2. The van der Waals surface area contributed by atoms with Gasteiger partial charge < -0.3 is 14.2 Å². The highest BCUT2D eigenvalue weighted by Crippen LogP contribution is 2.33. The van der Waals surface area contributed by atoms with Gasteiger partial charge in [0.15, 0.2) is 0 Å². The molecule has 5 heteroatoms. The molecular weight excluding hydrogens is 285 g/mol. The van der Waals surface area contributed by atoms with Crippen LogP contribution in [0.25, 0.3) is 10.8 Å². The smallest absolute Gasteiger partial charge is 0.257 e. The van der Waals surface area contributed by atoms with E-state index in [1.165, 1.54) is 0 Å². The predicted molar refractivity (Wildman–Crippen MR) is 88.1 cm³/mol. The van der Waals surface area contributed by atoms with E-state index < -0.39 is 0 Å². The Morgan fingerprint density at radius 1 is 1.19 bits per heavy atom. The molecule has 0 bridgehead atoms. The molecule has 2 rings (SSSR count). The highest BCUT2D eigenvalue weighted by molar-refractivity contribution is 7.10. The number of methoxy groups -OCH3 is 1. The van der Waals surface area contributed by atoms with Crippen molar-refractivity contribution in [3.05, 3.63) is 35.9 Å². The third-order valence-corrected chi connectivity index (χ3v) is 3.82. The molecule has 1 atom stereocenters. The van der Waals surface area contributed by atoms with E-state index >= 15 is 0 Å². The Hall–Kier alpha value is -1.80. The topological polar surface area (TPSA) is 38.8 Å². The van der Waals surface area contributed by atoms with Gasteiger partial charge in [0.2, 0.25) is 0 Å². The number of carbonyl (C=O) groups is 1. The van der Waals surface area contributed by atoms with Crippen molar-refractivity contribution in [1.82, 2.24) is 4.90 Å². The van der Waals surface area contributed by atoms with Gasteiger partial charge in [0.1, 0.15) is 11.5 Å². The maximum Gasteiger partial charge on any atom is 0.257 e. The Morgan fingerprint density at radius 2 is 1.90 bits per heavy atom. The number of rotatable bonds is 5. The van der Waals surface area contributed by atoms with E-state index in [2.05, 4.69) is 9.47 Å². The summed E-state index contributed by atoms with van der Waals surface area (Å²) in [7, 11) is 3.84. The number of carbonyl (C=O) groups excluding carboxylic acids is 1. The van der Waals surface area contributed by atoms with Crippen LogP contribution in [0, 0.1) is 0 Å². The molecule has 1 unspecified atom stereocenters. The van der Waals surface area contributed by atoms with Crippen molar-refractivity contribution in [2.75, 3.05) is 20.2 Å². The van der Waals surface area contributed by atoms with Crippen LogP contribution in [0.5, 0.6) is 11.5 Å². The standard InChI is InChI=1S/C16H20NO3P/c1-4-17(5-2)16(18)13-9-11-7-6-8-14(19-3)12(11)10-15(13)20-21/h6-10H,4-5,21H2,1-3H3. The number of hydrogen-bond donors (Lipinski definition) is 0. The van der Waals surface area contributed by atoms with Crippen molar-refractivity contribution in [2.45, 2.75) is 13.8 Å². The molecule has 0 radical (unpaired) electrons. The van der Waals surface area contributed by atoms with Gasteiger partial charge in [-0.2, -0.15) is 0 Å². The Bertz CT molecular complexity index is 653. The van der Waals surface area contributed by atoms with E-state index in [1.54, 1.807) is 12.0 Å². The third kappa shape index (κ3) is 2.96. The fourth-order valence-corrected chi connectivity index (χ4v) is 2.60. The van der Waals surface area contributed by atoms with Crippen LogP contribution in [0.1, 0.15) is 24.2 Å². The molecule has 0 N–H and O–H groups in total. The van der Waals surface area contributed by atoms with Gasteiger partial charge in [0.05, 0.1) is 22.1 Å². The maximum absolute atomic E-state index is 12.6. The zero-order chi connectivity index (χ0) is 15.4. The lowest BCUT2D eigenvalue weighted by atomic mass is 10.0. The average molecular weight is 305 g/mol. The van der Waals surface area contributed by atoms with Crippen LogP contribution in [0.3, 0.4) is 0 Å². The van der Waals surface area contributed by atoms with E-state index in [-0.39, 0.29) is 5.91 Å². The van der Waals surface area contributed by atoms with Crippen LogP contribution < -0.4 is 9.26 Å². The van der Waals surface area contributed by atoms with Crippen LogP contribution in [-0.2, 0) is 0 Å². The summed E-state index contributed by atoms with van der Waals surface area (Å²) >= 11 is 0. The summed E-state index contributed by atoms with van der Waals surface area (Å²) in [4.78, 5) is 14.4. The van der Waals surface area contributed by atoms with Crippen molar-refractivity contribution in [3.63, 3.8) is 0 Å². The summed E-state index contributed by atoms with van der Waals surface area (Å²) in [6.07, 6.45) is 0. The average Bonchev–Trinajstić information content (AvgIpc) is 2.53. The summed E-state index contributed by atoms with van der Waals surface area (Å²) in [6.45, 7) is 5.27. The third-order valence-electron chi connectivity index (χ3n) is 3.57. The van der Waals surface area contributed by atoms with Crippen LogP contribution in [0.4, 0.5) is 0 Å². The fourth-order valence-electron chi connectivity index (χ4n) is 2.40. The molecule has 0 saturated carbocycles. The molecule has 1 amide bonds. The van der Waals surface area contributed by atoms with Gasteiger partial charge in [-0.15, -0.1) is 0 Å². The lowest BCUT2D eigenvalue weighted by Crippen LogP contribution is -2.30. The van der Waals surface area contributed by atoms with Gasteiger partial charge in [0, 0.05) is 18.5 Å². The molecule has 0 aromatic heterocycles. The van der Waals surface area contributed by atoms with E-state index in [1.807, 2.05) is 44.2 Å². The minimum atomic E-state index is -0.0258. The Balaban J connectivity index is 2.61. The molecule has 21 heavy (non-hydrogen) atoms. The lowest BCUT2D eigenvalue weighted by molar-refractivity contribution is 0.0771. The first-order valence-corrected chi connectivity index (χ1v) is 7.40. The molecule has 0 heterocycles. The first-order chi connectivity index (χ1) is 10.2. The van der Waals surface area contributed by atoms with E-state index in [0.29, 0.717) is 24.4 Å². The van der Waals surface area contributed by atoms with Crippen LogP contribution in [-0.4, -0.2) is 31.0 Å². The normalized spacial score (nSPS) is 10.5. The van der Waals surface area contributed by atoms with Gasteiger partial charge in [-0.3, -0.25) is 4.79 Å². The summed E-state index contributed by atoms with van der Waals surface area (Å²) < 4.78 is 10.7. The number of nitrogens with zero attached hydrogens (tertiary/aromatic N) is 1. The van der Waals surface area contributed by atoms with Gasteiger partial charge in [0.25, 0.3) is 5.91 Å². The number of ether oxygens (including phenoxy) is 1. The minimum absolute atomic E-state index is 0.0258. The van der Waals surface area contributed by atoms with Gasteiger partial charge in [-0.05, 0) is 37.4 Å². The lowest BCUT2D eigenvalue weighted by Gasteiger charge is -2.20. The molecule has 0 aliphatic heterocycles. The first kappa shape index (κ1) is 15.6. The monoisotopic (exact) mass is 305 g/mol. The second-order valence-electron chi connectivity index (χ2n) is 4.63. The molecule has 0 aliphatic carbocycles. The maximum atomic E-state index is 12.6. The second kappa shape index (κ2) is 6.77. The van der Waals surface area contributed by atoms with Crippen LogP contribution in [0.2, 0.25) is 0 Å². The van der Waals surface area contributed by atoms with Crippen LogP contribution in [0.15, 0.2) is 30.3 Å². The molecule has 4 nitrogen and oxygen atoms in total. The minimum Gasteiger partial charge on any atom is -0.496 e. The van der Waals surface area contributed by atoms with Crippen molar-refractivity contribution in [2.24, 2.45) is 0 Å². The molecule has 0 spiro atoms. The quantitative estimate of drug-likeness (QED) is 0.794. The summed E-state index contributed by atoms with van der Waals surface area (Å²) in [5.41, 5.74) is 0.564. The highest BCUT2D eigenvalue weighted by Gasteiger charge is 2.19. The Morgan fingerprint density at radius 3 is 2.48 bits per heavy atom. The fraction of sp³-hybridized carbons (Fsp3) is 0.312. The van der Waals surface area contributed by atoms with Crippen molar-refractivity contribution in [1.29, 1.82) is 0 Å². The van der Waals surface area contributed by atoms with Crippen molar-refractivity contribution in [3.8, 4) is 11.5 Å². The predicted octanol–water partition coefficient (Wildman–Crippen LogP) is 3.50. The number of amides is 1. The zero-order valence-electron chi connectivity index (χ0n) is 12.6. The molecule has 0 fully saturated rings. The SMILES string of the molecule is CCN(CC)C(=O)c1cc2cccc(OC)c2cc1OP. The van der Waals surface area contributed by atoms with Crippen molar-refractivity contribution >= 4 is 26.1 Å². The van der Waals surface area contributed by atoms with E-state index in [4.69, 9.17) is 9.26 Å². The summed E-state index contributed by atoms with van der Waals surface area (Å²) in [6, 6.07) is 9.47. The Kier molecular flexibility index (Phi) is 5.03. The van der Waals surface area contributed by atoms with Crippen molar-refractivity contribution < 1.29 is 14.1 Å².